The van der Waals surface area contributed by atoms with E-state index < -0.39 is 45.0 Å². The van der Waals surface area contributed by atoms with Gasteiger partial charge in [0.25, 0.3) is 0 Å². The maximum absolute atomic E-state index is 13.3. The van der Waals surface area contributed by atoms with E-state index in [1.165, 1.54) is 0 Å². The summed E-state index contributed by atoms with van der Waals surface area (Å²) in [5.74, 6) is -1.34. The first kappa shape index (κ1) is 24.0. The van der Waals surface area contributed by atoms with E-state index in [4.69, 9.17) is 27.9 Å². The summed E-state index contributed by atoms with van der Waals surface area (Å²) in [6, 6.07) is 0. The summed E-state index contributed by atoms with van der Waals surface area (Å²) in [5, 5.41) is 11.4. The van der Waals surface area contributed by atoms with Crippen molar-refractivity contribution < 1.29 is 24.2 Å². The molecule has 4 rings (SSSR count). The summed E-state index contributed by atoms with van der Waals surface area (Å²) in [6.45, 7) is 7.11. The normalized spacial score (nSPS) is 47.2. The highest BCUT2D eigenvalue weighted by atomic mass is 35.5. The van der Waals surface area contributed by atoms with Gasteiger partial charge in [0.15, 0.2) is 12.4 Å². The Morgan fingerprint density at radius 2 is 1.97 bits per heavy atom. The van der Waals surface area contributed by atoms with Crippen LogP contribution in [-0.2, 0) is 19.1 Å². The van der Waals surface area contributed by atoms with Crippen molar-refractivity contribution in [2.75, 3.05) is 6.61 Å². The molecule has 4 aliphatic rings. The number of hydrogen-bond acceptors (Lipinski definition) is 5. The maximum atomic E-state index is 13.3. The van der Waals surface area contributed by atoms with Gasteiger partial charge < -0.3 is 9.84 Å². The number of halogens is 2. The van der Waals surface area contributed by atoms with E-state index in [1.54, 1.807) is 19.1 Å². The van der Waals surface area contributed by atoms with Gasteiger partial charge in [-0.3, -0.25) is 14.4 Å². The first-order valence-corrected chi connectivity index (χ1v) is 12.4. The van der Waals surface area contributed by atoms with Gasteiger partial charge in [0.05, 0.1) is 10.3 Å². The second-order valence-electron chi connectivity index (χ2n) is 10.6. The minimum absolute atomic E-state index is 0.0229. The van der Waals surface area contributed by atoms with Crippen LogP contribution in [0.15, 0.2) is 23.8 Å². The lowest BCUT2D eigenvalue weighted by Gasteiger charge is -2.63. The van der Waals surface area contributed by atoms with Crippen molar-refractivity contribution in [2.24, 2.45) is 28.6 Å². The minimum atomic E-state index is -1.65. The van der Waals surface area contributed by atoms with E-state index >= 15 is 0 Å². The molecule has 3 saturated carbocycles. The highest BCUT2D eigenvalue weighted by molar-refractivity contribution is 6.34. The standard InChI is InChI=1S/C25H32Cl2O5/c1-5-21(30)32-13-20(29)25(31)14(2)10-18-17-7-6-15-11-16(28)8-9-22(15,3)24(17,27)19(26)12-23(18,25)4/h8-9,11,14,17-19,31H,5-7,10,12-13H2,1-4H3/t14?,17-,18-,19?,22-,23-,24-,25-/m0/s1. The zero-order valence-electron chi connectivity index (χ0n) is 19.1. The van der Waals surface area contributed by atoms with Crippen molar-refractivity contribution in [1.29, 1.82) is 0 Å². The number of fused-ring (bicyclic) bond motifs is 5. The van der Waals surface area contributed by atoms with E-state index in [9.17, 15) is 19.5 Å². The second kappa shape index (κ2) is 7.68. The summed E-state index contributed by atoms with van der Waals surface area (Å²) in [4.78, 5) is 36.1. The van der Waals surface area contributed by atoms with Gasteiger partial charge in [-0.1, -0.05) is 39.3 Å². The van der Waals surface area contributed by atoms with Crippen molar-refractivity contribution in [2.45, 2.75) is 75.7 Å². The molecule has 0 aromatic rings. The Kier molecular flexibility index (Phi) is 5.75. The zero-order chi connectivity index (χ0) is 23.7. The van der Waals surface area contributed by atoms with E-state index in [0.29, 0.717) is 12.8 Å². The molecule has 1 N–H and O–H groups in total. The highest BCUT2D eigenvalue weighted by Crippen LogP contribution is 2.72. The first-order chi connectivity index (χ1) is 14.9. The number of rotatable bonds is 4. The highest BCUT2D eigenvalue weighted by Gasteiger charge is 2.74. The third-order valence-corrected chi connectivity index (χ3v) is 10.8. The smallest absolute Gasteiger partial charge is 0.305 e. The molecule has 0 aromatic heterocycles. The van der Waals surface area contributed by atoms with Crippen LogP contribution in [0.5, 0.6) is 0 Å². The Morgan fingerprint density at radius 1 is 1.28 bits per heavy atom. The Hall–Kier alpha value is -1.17. The quantitative estimate of drug-likeness (QED) is 0.475. The molecule has 0 aromatic carbocycles. The molecule has 0 bridgehead atoms. The van der Waals surface area contributed by atoms with Crippen molar-refractivity contribution in [3.05, 3.63) is 23.8 Å². The summed E-state index contributed by atoms with van der Waals surface area (Å²) in [7, 11) is 0. The summed E-state index contributed by atoms with van der Waals surface area (Å²) in [5.41, 5.74) is -1.99. The SMILES string of the molecule is CCC(=O)OCC(=O)[C@@]1(O)C(C)C[C@H]2[C@@H]3CCC4=CC(=O)C=C[C@]4(C)[C@@]3(Cl)C(Cl)C[C@@]21C. The van der Waals surface area contributed by atoms with Gasteiger partial charge in [-0.2, -0.15) is 0 Å². The summed E-state index contributed by atoms with van der Waals surface area (Å²) in [6.07, 6.45) is 7.82. The van der Waals surface area contributed by atoms with Gasteiger partial charge >= 0.3 is 5.97 Å². The predicted octanol–water partition coefficient (Wildman–Crippen LogP) is 4.37. The average molecular weight is 483 g/mol. The van der Waals surface area contributed by atoms with Crippen LogP contribution < -0.4 is 0 Å². The molecule has 176 valence electrons. The number of esters is 1. The van der Waals surface area contributed by atoms with Gasteiger partial charge in [-0.15, -0.1) is 23.2 Å². The van der Waals surface area contributed by atoms with Crippen LogP contribution in [0.2, 0.25) is 0 Å². The number of Topliss-reactive ketones (excluding diaryl/α,β-unsaturated/α-hetero) is 1. The number of alkyl halides is 2. The van der Waals surface area contributed by atoms with Crippen molar-refractivity contribution in [3.8, 4) is 0 Å². The van der Waals surface area contributed by atoms with Crippen LogP contribution in [0.3, 0.4) is 0 Å². The Labute approximate surface area is 199 Å². The zero-order valence-corrected chi connectivity index (χ0v) is 20.6. The Morgan fingerprint density at radius 3 is 2.62 bits per heavy atom. The van der Waals surface area contributed by atoms with Gasteiger partial charge in [-0.05, 0) is 55.6 Å². The first-order valence-electron chi connectivity index (χ1n) is 11.5. The molecule has 3 fully saturated rings. The van der Waals surface area contributed by atoms with Crippen LogP contribution in [0.25, 0.3) is 0 Å². The summed E-state index contributed by atoms with van der Waals surface area (Å²) < 4.78 is 5.10. The molecule has 0 aliphatic heterocycles. The lowest BCUT2D eigenvalue weighted by Crippen LogP contribution is -2.67. The molecule has 0 spiro atoms. The number of carbonyl (C=O) groups excluding carboxylic acids is 3. The van der Waals surface area contributed by atoms with Crippen LogP contribution in [-0.4, -0.2) is 45.1 Å². The van der Waals surface area contributed by atoms with E-state index in [-0.39, 0.29) is 30.0 Å². The number of carbonyl (C=O) groups is 3. The molecule has 8 atom stereocenters. The molecule has 0 saturated heterocycles. The lowest BCUT2D eigenvalue weighted by molar-refractivity contribution is -0.172. The molecular weight excluding hydrogens is 451 g/mol. The average Bonchev–Trinajstić information content (AvgIpc) is 2.94. The number of ketones is 2. The van der Waals surface area contributed by atoms with E-state index in [2.05, 4.69) is 6.92 Å². The van der Waals surface area contributed by atoms with Crippen LogP contribution >= 0.6 is 23.2 Å². The van der Waals surface area contributed by atoms with Crippen molar-refractivity contribution in [3.63, 3.8) is 0 Å². The topological polar surface area (TPSA) is 80.7 Å². The fourth-order valence-electron chi connectivity index (χ4n) is 7.43. The summed E-state index contributed by atoms with van der Waals surface area (Å²) >= 11 is 14.6. The van der Waals surface area contributed by atoms with E-state index in [0.717, 1.165) is 18.4 Å². The molecular formula is C25H32Cl2O5. The van der Waals surface area contributed by atoms with Crippen molar-refractivity contribution >= 4 is 40.7 Å². The number of aliphatic hydroxyl groups is 1. The third-order valence-electron chi connectivity index (χ3n) is 9.26. The largest absolute Gasteiger partial charge is 0.458 e. The van der Waals surface area contributed by atoms with Gasteiger partial charge in [0.1, 0.15) is 5.60 Å². The van der Waals surface area contributed by atoms with Gasteiger partial charge in [-0.25, -0.2) is 0 Å². The number of allylic oxidation sites excluding steroid dienone is 4. The number of hydrogen-bond donors (Lipinski definition) is 1. The third kappa shape index (κ3) is 2.89. The van der Waals surface area contributed by atoms with Crippen LogP contribution in [0.1, 0.15) is 59.8 Å². The second-order valence-corrected chi connectivity index (χ2v) is 11.7. The van der Waals surface area contributed by atoms with E-state index in [1.807, 2.05) is 19.9 Å². The predicted molar refractivity (Wildman–Crippen MR) is 122 cm³/mol. The Balaban J connectivity index is 1.73. The maximum Gasteiger partial charge on any atom is 0.305 e. The monoisotopic (exact) mass is 482 g/mol. The minimum Gasteiger partial charge on any atom is -0.458 e. The molecule has 0 radical (unpaired) electrons. The molecule has 32 heavy (non-hydrogen) atoms. The van der Waals surface area contributed by atoms with Gasteiger partial charge in [0, 0.05) is 17.3 Å². The lowest BCUT2D eigenvalue weighted by atomic mass is 9.46. The fraction of sp³-hybridized carbons (Fsp3) is 0.720. The van der Waals surface area contributed by atoms with Gasteiger partial charge in [0.2, 0.25) is 5.78 Å². The number of ether oxygens (including phenoxy) is 1. The molecule has 5 nitrogen and oxygen atoms in total. The van der Waals surface area contributed by atoms with Crippen LogP contribution in [0.4, 0.5) is 0 Å². The van der Waals surface area contributed by atoms with Crippen LogP contribution in [0, 0.1) is 28.6 Å². The molecule has 2 unspecified atom stereocenters. The molecule has 0 heterocycles. The molecule has 4 aliphatic carbocycles. The Bertz CT molecular complexity index is 927. The molecule has 0 amide bonds. The fourth-order valence-corrected chi connectivity index (χ4v) is 8.67. The molecule has 7 heteroatoms. The van der Waals surface area contributed by atoms with Crippen molar-refractivity contribution in [1.82, 2.24) is 0 Å².